The van der Waals surface area contributed by atoms with Gasteiger partial charge in [0.2, 0.25) is 0 Å². The van der Waals surface area contributed by atoms with Gasteiger partial charge < -0.3 is 10.0 Å². The van der Waals surface area contributed by atoms with Crippen LogP contribution in [0, 0.1) is 0 Å². The molecule has 0 aromatic rings. The van der Waals surface area contributed by atoms with Crippen molar-refractivity contribution in [1.29, 1.82) is 0 Å². The standard InChI is InChI=1S/C9H21N3O3S/c1-10(2)6-8-5-9(13)7-12(8)16(14,15)11(3)4/h8-9,13H,5-7H2,1-4H3. The SMILES string of the molecule is CN(C)CC1CC(O)CN1S(=O)(=O)N(C)C. The fourth-order valence-electron chi connectivity index (χ4n) is 1.94. The van der Waals surface area contributed by atoms with E-state index < -0.39 is 16.3 Å². The highest BCUT2D eigenvalue weighted by Crippen LogP contribution is 2.22. The lowest BCUT2D eigenvalue weighted by Crippen LogP contribution is -2.46. The van der Waals surface area contributed by atoms with Crippen molar-refractivity contribution in [3.8, 4) is 0 Å². The molecule has 7 heteroatoms. The van der Waals surface area contributed by atoms with Crippen LogP contribution in [0.3, 0.4) is 0 Å². The highest BCUT2D eigenvalue weighted by Gasteiger charge is 2.39. The minimum atomic E-state index is -3.42. The topological polar surface area (TPSA) is 64.1 Å². The lowest BCUT2D eigenvalue weighted by Gasteiger charge is -2.28. The molecular formula is C9H21N3O3S. The van der Waals surface area contributed by atoms with E-state index in [0.29, 0.717) is 13.0 Å². The third kappa shape index (κ3) is 2.92. The molecule has 1 N–H and O–H groups in total. The summed E-state index contributed by atoms with van der Waals surface area (Å²) in [4.78, 5) is 1.93. The third-order valence-electron chi connectivity index (χ3n) is 2.68. The molecule has 0 amide bonds. The molecule has 0 bridgehead atoms. The second kappa shape index (κ2) is 4.97. The summed E-state index contributed by atoms with van der Waals surface area (Å²) in [6.07, 6.45) is -0.0506. The Morgan fingerprint density at radius 2 is 1.88 bits per heavy atom. The van der Waals surface area contributed by atoms with Crippen LogP contribution in [0.4, 0.5) is 0 Å². The van der Waals surface area contributed by atoms with E-state index in [2.05, 4.69) is 0 Å². The van der Waals surface area contributed by atoms with Crippen molar-refractivity contribution in [3.05, 3.63) is 0 Å². The number of hydrogen-bond donors (Lipinski definition) is 1. The maximum atomic E-state index is 12.0. The van der Waals surface area contributed by atoms with Crippen LogP contribution in [-0.4, -0.2) is 80.5 Å². The van der Waals surface area contributed by atoms with E-state index in [1.54, 1.807) is 0 Å². The predicted molar refractivity (Wildman–Crippen MR) is 62.3 cm³/mol. The van der Waals surface area contributed by atoms with Crippen LogP contribution < -0.4 is 0 Å². The number of β-amino-alcohol motifs (C(OH)–C–C–N with tert-alkyl or cyclic N) is 1. The Balaban J connectivity index is 2.85. The lowest BCUT2D eigenvalue weighted by molar-refractivity contribution is 0.187. The summed E-state index contributed by atoms with van der Waals surface area (Å²) in [6.45, 7) is 0.823. The Labute approximate surface area is 97.6 Å². The van der Waals surface area contributed by atoms with Crippen LogP contribution >= 0.6 is 0 Å². The first kappa shape index (κ1) is 13.9. The summed E-state index contributed by atoms with van der Waals surface area (Å²) in [7, 11) is 3.38. The second-order valence-corrected chi connectivity index (χ2v) is 6.76. The van der Waals surface area contributed by atoms with Crippen molar-refractivity contribution in [2.75, 3.05) is 41.3 Å². The number of likely N-dealkylation sites (N-methyl/N-ethyl adjacent to an activating group) is 1. The van der Waals surface area contributed by atoms with E-state index in [1.165, 1.54) is 22.7 Å². The van der Waals surface area contributed by atoms with E-state index in [9.17, 15) is 13.5 Å². The zero-order valence-corrected chi connectivity index (χ0v) is 11.1. The Hall–Kier alpha value is -0.210. The van der Waals surface area contributed by atoms with Gasteiger partial charge in [-0.2, -0.15) is 17.0 Å². The molecule has 16 heavy (non-hydrogen) atoms. The van der Waals surface area contributed by atoms with Crippen LogP contribution in [0.5, 0.6) is 0 Å². The van der Waals surface area contributed by atoms with Crippen molar-refractivity contribution in [3.63, 3.8) is 0 Å². The third-order valence-corrected chi connectivity index (χ3v) is 4.64. The molecule has 2 atom stereocenters. The monoisotopic (exact) mass is 251 g/mol. The number of aliphatic hydroxyl groups is 1. The average Bonchev–Trinajstić information content (AvgIpc) is 2.45. The normalized spacial score (nSPS) is 28.2. The Bertz CT molecular complexity index is 329. The fraction of sp³-hybridized carbons (Fsp3) is 1.00. The van der Waals surface area contributed by atoms with Gasteiger partial charge in [-0.25, -0.2) is 0 Å². The molecule has 1 heterocycles. The van der Waals surface area contributed by atoms with Gasteiger partial charge >= 0.3 is 0 Å². The number of aliphatic hydroxyl groups excluding tert-OH is 1. The molecule has 0 spiro atoms. The Morgan fingerprint density at radius 3 is 2.31 bits per heavy atom. The highest BCUT2D eigenvalue weighted by atomic mass is 32.2. The van der Waals surface area contributed by atoms with Gasteiger partial charge in [-0.05, 0) is 20.5 Å². The first-order chi connectivity index (χ1) is 7.25. The molecule has 0 aromatic heterocycles. The highest BCUT2D eigenvalue weighted by molar-refractivity contribution is 7.86. The van der Waals surface area contributed by atoms with E-state index in [-0.39, 0.29) is 12.6 Å². The molecule has 96 valence electrons. The van der Waals surface area contributed by atoms with Crippen LogP contribution in [-0.2, 0) is 10.2 Å². The van der Waals surface area contributed by atoms with Crippen molar-refractivity contribution in [2.45, 2.75) is 18.6 Å². The maximum absolute atomic E-state index is 12.0. The van der Waals surface area contributed by atoms with Crippen molar-refractivity contribution in [2.24, 2.45) is 0 Å². The van der Waals surface area contributed by atoms with E-state index in [1.807, 2.05) is 19.0 Å². The largest absolute Gasteiger partial charge is 0.392 e. The summed E-state index contributed by atoms with van der Waals surface area (Å²) in [5, 5.41) is 9.58. The molecule has 6 nitrogen and oxygen atoms in total. The van der Waals surface area contributed by atoms with Crippen molar-refractivity contribution >= 4 is 10.2 Å². The van der Waals surface area contributed by atoms with Gasteiger partial charge in [-0.3, -0.25) is 0 Å². The van der Waals surface area contributed by atoms with Crippen LogP contribution in [0.2, 0.25) is 0 Å². The molecule has 1 aliphatic heterocycles. The lowest BCUT2D eigenvalue weighted by atomic mass is 10.2. The molecule has 0 radical (unpaired) electrons. The van der Waals surface area contributed by atoms with Gasteiger partial charge in [-0.15, -0.1) is 0 Å². The zero-order valence-electron chi connectivity index (χ0n) is 10.3. The molecule has 0 aliphatic carbocycles. The Morgan fingerprint density at radius 1 is 1.31 bits per heavy atom. The summed E-state index contributed by atoms with van der Waals surface area (Å²) in [5.74, 6) is 0. The van der Waals surface area contributed by atoms with E-state index >= 15 is 0 Å². The molecule has 1 aliphatic rings. The molecule has 1 saturated heterocycles. The zero-order chi connectivity index (χ0) is 12.5. The molecule has 0 aromatic carbocycles. The van der Waals surface area contributed by atoms with Crippen LogP contribution in [0.15, 0.2) is 0 Å². The van der Waals surface area contributed by atoms with Gasteiger partial charge in [0, 0.05) is 33.2 Å². The van der Waals surface area contributed by atoms with Crippen LogP contribution in [0.1, 0.15) is 6.42 Å². The van der Waals surface area contributed by atoms with E-state index in [0.717, 1.165) is 0 Å². The average molecular weight is 251 g/mol. The summed E-state index contributed by atoms with van der Waals surface area (Å²) < 4.78 is 26.6. The second-order valence-electron chi connectivity index (χ2n) is 4.67. The number of nitrogens with zero attached hydrogens (tertiary/aromatic N) is 3. The van der Waals surface area contributed by atoms with Crippen molar-refractivity contribution < 1.29 is 13.5 Å². The molecule has 0 saturated carbocycles. The van der Waals surface area contributed by atoms with Gasteiger partial charge in [0.15, 0.2) is 0 Å². The quantitative estimate of drug-likeness (QED) is 0.681. The van der Waals surface area contributed by atoms with Gasteiger partial charge in [-0.1, -0.05) is 0 Å². The van der Waals surface area contributed by atoms with Crippen LogP contribution in [0.25, 0.3) is 0 Å². The fourth-order valence-corrected chi connectivity index (χ4v) is 3.25. The smallest absolute Gasteiger partial charge is 0.281 e. The van der Waals surface area contributed by atoms with Gasteiger partial charge in [0.25, 0.3) is 10.2 Å². The minimum Gasteiger partial charge on any atom is -0.392 e. The van der Waals surface area contributed by atoms with Gasteiger partial charge in [0.05, 0.1) is 6.10 Å². The first-order valence-electron chi connectivity index (χ1n) is 5.27. The molecule has 1 rings (SSSR count). The van der Waals surface area contributed by atoms with Gasteiger partial charge in [0.1, 0.15) is 0 Å². The predicted octanol–water partition coefficient (Wildman–Crippen LogP) is -1.21. The summed E-state index contributed by atoms with van der Waals surface area (Å²) in [6, 6.07) is -0.141. The summed E-state index contributed by atoms with van der Waals surface area (Å²) in [5.41, 5.74) is 0. The van der Waals surface area contributed by atoms with E-state index in [4.69, 9.17) is 0 Å². The minimum absolute atomic E-state index is 0.141. The molecule has 2 unspecified atom stereocenters. The number of rotatable bonds is 4. The maximum Gasteiger partial charge on any atom is 0.281 e. The Kier molecular flexibility index (Phi) is 4.30. The first-order valence-corrected chi connectivity index (χ1v) is 6.67. The molecular weight excluding hydrogens is 230 g/mol. The van der Waals surface area contributed by atoms with Crippen molar-refractivity contribution in [1.82, 2.24) is 13.5 Å². The molecule has 1 fully saturated rings. The summed E-state index contributed by atoms with van der Waals surface area (Å²) >= 11 is 0. The number of hydrogen-bond acceptors (Lipinski definition) is 4.